The summed E-state index contributed by atoms with van der Waals surface area (Å²) >= 11 is 0. The molecule has 1 aromatic rings. The Kier molecular flexibility index (Phi) is 7.90. The Balaban J connectivity index is 1.42. The Morgan fingerprint density at radius 1 is 0.933 bits per heavy atom. The highest BCUT2D eigenvalue weighted by atomic mass is 16.5. The minimum Gasteiger partial charge on any atom is -0.508 e. The van der Waals surface area contributed by atoms with Crippen molar-refractivity contribution in [3.63, 3.8) is 0 Å². The number of carboxylic acids is 1. The van der Waals surface area contributed by atoms with Crippen molar-refractivity contribution in [1.82, 2.24) is 0 Å². The molecule has 0 saturated heterocycles. The van der Waals surface area contributed by atoms with Crippen molar-refractivity contribution in [2.75, 3.05) is 6.61 Å². The van der Waals surface area contributed by atoms with Crippen LogP contribution in [0.5, 0.6) is 5.75 Å². The molecule has 6 rings (SSSR count). The van der Waals surface area contributed by atoms with Gasteiger partial charge in [0.25, 0.3) is 0 Å². The molecular weight excluding hydrogens is 564 g/mol. The smallest absolute Gasteiger partial charge is 0.330 e. The number of carboxylic acid groups (broad SMARTS) is 1. The molecule has 4 fully saturated rings. The molecule has 0 aromatic heterocycles. The minimum absolute atomic E-state index is 0.0281. The molecule has 4 saturated carbocycles. The first-order valence-electron chi connectivity index (χ1n) is 17.4. The first kappa shape index (κ1) is 32.3. The Hall–Kier alpha value is -2.60. The van der Waals surface area contributed by atoms with E-state index in [2.05, 4.69) is 47.6 Å². The van der Waals surface area contributed by atoms with Gasteiger partial charge < -0.3 is 20.1 Å². The number of aliphatic carboxylic acids is 1. The summed E-state index contributed by atoms with van der Waals surface area (Å²) in [6, 6.07) is 6.70. The van der Waals surface area contributed by atoms with Gasteiger partial charge in [-0.25, -0.2) is 4.79 Å². The van der Waals surface area contributed by atoms with Crippen molar-refractivity contribution in [1.29, 1.82) is 0 Å². The lowest BCUT2D eigenvalue weighted by molar-refractivity contribution is -0.218. The fraction of sp³-hybridized carbons (Fsp3) is 0.692. The number of hydrogen-bond donors (Lipinski definition) is 3. The number of benzene rings is 1. The number of phenolic OH excluding ortho intramolecular Hbond substituents is 1. The van der Waals surface area contributed by atoms with Crippen LogP contribution in [0.1, 0.15) is 105 Å². The largest absolute Gasteiger partial charge is 0.508 e. The molecule has 5 aliphatic carbocycles. The predicted molar refractivity (Wildman–Crippen MR) is 175 cm³/mol. The molecule has 10 atom stereocenters. The predicted octanol–water partition coefficient (Wildman–Crippen LogP) is 8.03. The van der Waals surface area contributed by atoms with E-state index in [0.29, 0.717) is 37.0 Å². The molecule has 246 valence electrons. The van der Waals surface area contributed by atoms with Crippen LogP contribution in [0.4, 0.5) is 0 Å². The van der Waals surface area contributed by atoms with Gasteiger partial charge in [-0.2, -0.15) is 0 Å². The SMILES string of the molecule is C[C@@H]1CC[C@]2(C(=O)O)CC[C@]3(COC(=O)/C=C/c4ccc(O)cc4)C(=CCC4[C@@]5(C)CC[C@H](O)C(C)(C)C5CC[C@]43C)C2[C@H]1C. The van der Waals surface area contributed by atoms with E-state index in [9.17, 15) is 24.9 Å². The summed E-state index contributed by atoms with van der Waals surface area (Å²) in [5, 5.41) is 31.6. The standard InChI is InChI=1S/C39H54O6/c1-24-15-20-38(34(43)44)21-22-39(23-45-32(42)14-9-26-7-10-27(40)11-8-26)28(33(38)25(24)2)12-13-30-36(5)18-17-31(41)35(3,4)29(36)16-19-37(30,39)6/h7-12,14,24-25,29-31,33,40-41H,13,15-23H2,1-6H3,(H,43,44)/b14-9+/t24-,25+,29?,30?,31+,33?,36+,37-,38+,39+/m1/s1. The molecule has 0 spiro atoms. The Morgan fingerprint density at radius 3 is 2.33 bits per heavy atom. The number of carbonyl (C=O) groups excluding carboxylic acids is 1. The van der Waals surface area contributed by atoms with Crippen molar-refractivity contribution in [2.45, 2.75) is 105 Å². The highest BCUT2D eigenvalue weighted by molar-refractivity contribution is 5.87. The zero-order chi connectivity index (χ0) is 32.6. The van der Waals surface area contributed by atoms with Crippen molar-refractivity contribution >= 4 is 18.0 Å². The lowest BCUT2D eigenvalue weighted by atomic mass is 9.33. The van der Waals surface area contributed by atoms with Crippen molar-refractivity contribution in [3.05, 3.63) is 47.6 Å². The number of ether oxygens (including phenoxy) is 1. The van der Waals surface area contributed by atoms with E-state index < -0.39 is 22.8 Å². The molecule has 5 aliphatic rings. The summed E-state index contributed by atoms with van der Waals surface area (Å²) in [7, 11) is 0. The number of phenols is 1. The third-order valence-electron chi connectivity index (χ3n) is 14.8. The number of esters is 1. The fourth-order valence-corrected chi connectivity index (χ4v) is 12.0. The number of fused-ring (bicyclic) bond motifs is 7. The molecule has 45 heavy (non-hydrogen) atoms. The average Bonchev–Trinajstić information content (AvgIpc) is 2.99. The Morgan fingerprint density at radius 2 is 1.64 bits per heavy atom. The van der Waals surface area contributed by atoms with Crippen LogP contribution >= 0.6 is 0 Å². The van der Waals surface area contributed by atoms with Crippen molar-refractivity contribution < 1.29 is 29.6 Å². The highest BCUT2D eigenvalue weighted by Gasteiger charge is 2.71. The third-order valence-corrected chi connectivity index (χ3v) is 14.8. The Labute approximate surface area is 269 Å². The lowest BCUT2D eigenvalue weighted by Gasteiger charge is -2.71. The number of allylic oxidation sites excluding steroid dienone is 1. The summed E-state index contributed by atoms with van der Waals surface area (Å²) in [5.41, 5.74) is 0.520. The zero-order valence-electron chi connectivity index (χ0n) is 28.1. The van der Waals surface area contributed by atoms with Crippen LogP contribution < -0.4 is 0 Å². The molecule has 0 aliphatic heterocycles. The Bertz CT molecular complexity index is 1390. The van der Waals surface area contributed by atoms with Crippen molar-refractivity contribution in [2.24, 2.45) is 56.7 Å². The molecule has 6 heteroatoms. The summed E-state index contributed by atoms with van der Waals surface area (Å²) in [6.45, 7) is 14.2. The second kappa shape index (κ2) is 11.0. The zero-order valence-corrected chi connectivity index (χ0v) is 28.1. The van der Waals surface area contributed by atoms with Gasteiger partial charge in [0.05, 0.1) is 11.5 Å². The second-order valence-corrected chi connectivity index (χ2v) is 16.8. The number of aliphatic hydroxyl groups is 1. The van der Waals surface area contributed by atoms with E-state index >= 15 is 0 Å². The topological polar surface area (TPSA) is 104 Å². The summed E-state index contributed by atoms with van der Waals surface area (Å²) < 4.78 is 6.26. The molecular formula is C39H54O6. The maximum atomic E-state index is 13.3. The van der Waals surface area contributed by atoms with Gasteiger partial charge in [0.15, 0.2) is 0 Å². The molecule has 6 nitrogen and oxygen atoms in total. The molecule has 0 heterocycles. The third kappa shape index (κ3) is 4.66. The van der Waals surface area contributed by atoms with E-state index in [1.807, 2.05) is 0 Å². The summed E-state index contributed by atoms with van der Waals surface area (Å²) in [5.74, 6) is 0.422. The van der Waals surface area contributed by atoms with Gasteiger partial charge in [-0.3, -0.25) is 4.79 Å². The van der Waals surface area contributed by atoms with Crippen LogP contribution in [0, 0.1) is 56.7 Å². The molecule has 0 bridgehead atoms. The van der Waals surface area contributed by atoms with Gasteiger partial charge in [-0.1, -0.05) is 65.3 Å². The van der Waals surface area contributed by atoms with E-state index in [0.717, 1.165) is 44.1 Å². The maximum Gasteiger partial charge on any atom is 0.330 e. The quantitative estimate of drug-likeness (QED) is 0.175. The van der Waals surface area contributed by atoms with Crippen LogP contribution in [0.15, 0.2) is 42.0 Å². The molecule has 3 unspecified atom stereocenters. The number of aromatic hydroxyl groups is 1. The van der Waals surface area contributed by atoms with Gasteiger partial charge in [0, 0.05) is 11.5 Å². The van der Waals surface area contributed by atoms with Gasteiger partial charge in [-0.15, -0.1) is 0 Å². The van der Waals surface area contributed by atoms with E-state index in [-0.39, 0.29) is 46.5 Å². The van der Waals surface area contributed by atoms with Crippen molar-refractivity contribution in [3.8, 4) is 5.75 Å². The normalized spacial score (nSPS) is 43.7. The first-order valence-corrected chi connectivity index (χ1v) is 17.4. The van der Waals surface area contributed by atoms with E-state index in [1.165, 1.54) is 11.6 Å². The highest BCUT2D eigenvalue weighted by Crippen LogP contribution is 2.76. The number of carbonyl (C=O) groups is 2. The molecule has 0 radical (unpaired) electrons. The summed E-state index contributed by atoms with van der Waals surface area (Å²) in [6.07, 6.45) is 12.9. The van der Waals surface area contributed by atoms with Crippen LogP contribution in [0.25, 0.3) is 6.08 Å². The van der Waals surface area contributed by atoms with Crippen LogP contribution in [-0.2, 0) is 14.3 Å². The lowest BCUT2D eigenvalue weighted by Crippen LogP contribution is -2.67. The minimum atomic E-state index is -0.773. The number of hydrogen-bond acceptors (Lipinski definition) is 5. The average molecular weight is 619 g/mol. The fourth-order valence-electron chi connectivity index (χ4n) is 12.0. The monoisotopic (exact) mass is 618 g/mol. The first-order chi connectivity index (χ1) is 21.1. The van der Waals surface area contributed by atoms with Crippen LogP contribution in [0.3, 0.4) is 0 Å². The number of rotatable bonds is 5. The van der Waals surface area contributed by atoms with Gasteiger partial charge in [0.1, 0.15) is 12.4 Å². The molecule has 1 aromatic carbocycles. The summed E-state index contributed by atoms with van der Waals surface area (Å²) in [4.78, 5) is 26.5. The number of aliphatic hydroxyl groups excluding tert-OH is 1. The van der Waals surface area contributed by atoms with Gasteiger partial charge in [0.2, 0.25) is 0 Å². The second-order valence-electron chi connectivity index (χ2n) is 16.8. The van der Waals surface area contributed by atoms with Gasteiger partial charge >= 0.3 is 11.9 Å². The molecule has 0 amide bonds. The van der Waals surface area contributed by atoms with Crippen LogP contribution in [-0.4, -0.2) is 40.0 Å². The molecule has 3 N–H and O–H groups in total. The van der Waals surface area contributed by atoms with Gasteiger partial charge in [-0.05, 0) is 127 Å². The van der Waals surface area contributed by atoms with Crippen LogP contribution in [0.2, 0.25) is 0 Å². The van der Waals surface area contributed by atoms with E-state index in [1.54, 1.807) is 30.3 Å². The maximum absolute atomic E-state index is 13.3. The van der Waals surface area contributed by atoms with E-state index in [4.69, 9.17) is 4.74 Å².